The molecule has 0 amide bonds. The average molecular weight is 316 g/mol. The van der Waals surface area contributed by atoms with Crippen LogP contribution in [0.2, 0.25) is 0 Å². The van der Waals surface area contributed by atoms with Crippen molar-refractivity contribution in [3.8, 4) is 5.69 Å². The second-order valence-electron chi connectivity index (χ2n) is 3.57. The van der Waals surface area contributed by atoms with Gasteiger partial charge in [0.2, 0.25) is 0 Å². The van der Waals surface area contributed by atoms with E-state index in [1.54, 1.807) is 23.0 Å². The number of aromatic nitrogens is 2. The highest BCUT2D eigenvalue weighted by Crippen LogP contribution is 2.20. The molecule has 1 aromatic heterocycles. The van der Waals surface area contributed by atoms with Gasteiger partial charge in [-0.25, -0.2) is 13.1 Å². The summed E-state index contributed by atoms with van der Waals surface area (Å²) in [7, 11) is -3.17. The zero-order valence-corrected chi connectivity index (χ0v) is 11.4. The Morgan fingerprint density at radius 2 is 1.88 bits per heavy atom. The van der Waals surface area contributed by atoms with E-state index in [0.717, 1.165) is 5.69 Å². The number of rotatable bonds is 2. The van der Waals surface area contributed by atoms with Crippen LogP contribution < -0.4 is 5.73 Å². The van der Waals surface area contributed by atoms with Gasteiger partial charge in [-0.1, -0.05) is 0 Å². The maximum atomic E-state index is 11.3. The molecule has 0 aliphatic rings. The molecule has 0 unspecified atom stereocenters. The van der Waals surface area contributed by atoms with E-state index in [0.29, 0.717) is 10.3 Å². The third-order valence-electron chi connectivity index (χ3n) is 2.23. The fourth-order valence-electron chi connectivity index (χ4n) is 1.34. The highest BCUT2D eigenvalue weighted by Gasteiger charge is 2.08. The summed E-state index contributed by atoms with van der Waals surface area (Å²) in [6.45, 7) is 0. The first-order chi connectivity index (χ1) is 7.88. The maximum Gasteiger partial charge on any atom is 0.175 e. The fourth-order valence-corrected chi connectivity index (χ4v) is 2.25. The van der Waals surface area contributed by atoms with Gasteiger partial charge in [-0.2, -0.15) is 0 Å². The number of nitrogens with two attached hydrogens (primary N) is 1. The van der Waals surface area contributed by atoms with E-state index in [4.69, 9.17) is 5.73 Å². The minimum atomic E-state index is -3.17. The van der Waals surface area contributed by atoms with Crippen molar-refractivity contribution < 1.29 is 8.42 Å². The summed E-state index contributed by atoms with van der Waals surface area (Å²) in [6.07, 6.45) is 2.88. The van der Waals surface area contributed by atoms with Gasteiger partial charge in [-0.05, 0) is 40.2 Å². The normalized spacial score (nSPS) is 11.6. The monoisotopic (exact) mass is 315 g/mol. The Hall–Kier alpha value is -1.34. The molecule has 0 aliphatic carbocycles. The zero-order chi connectivity index (χ0) is 12.6. The van der Waals surface area contributed by atoms with Crippen molar-refractivity contribution in [2.24, 2.45) is 0 Å². The van der Waals surface area contributed by atoms with Crippen LogP contribution in [0.3, 0.4) is 0 Å². The van der Waals surface area contributed by atoms with E-state index in [1.165, 1.54) is 18.4 Å². The van der Waals surface area contributed by atoms with Crippen molar-refractivity contribution in [1.29, 1.82) is 0 Å². The summed E-state index contributed by atoms with van der Waals surface area (Å²) in [6, 6.07) is 6.43. The smallest absolute Gasteiger partial charge is 0.175 e. The number of sulfone groups is 1. The summed E-state index contributed by atoms with van der Waals surface area (Å²) in [5, 5.41) is 4.07. The number of hydrogen-bond acceptors (Lipinski definition) is 4. The van der Waals surface area contributed by atoms with E-state index < -0.39 is 9.84 Å². The lowest BCUT2D eigenvalue weighted by atomic mass is 10.3. The molecule has 0 fully saturated rings. The second kappa shape index (κ2) is 4.15. The molecule has 2 aromatic rings. The number of hydrogen-bond donors (Lipinski definition) is 1. The van der Waals surface area contributed by atoms with Gasteiger partial charge in [-0.3, -0.25) is 0 Å². The van der Waals surface area contributed by atoms with Crippen LogP contribution in [0.1, 0.15) is 0 Å². The average Bonchev–Trinajstić information content (AvgIpc) is 2.58. The standard InChI is InChI=1S/C10H10BrN3O2S/c1-17(15,16)8-4-2-7(3-5-8)14-6-9(11)10(12)13-14/h2-6H,1H3,(H2,12,13). The molecule has 1 heterocycles. The molecular weight excluding hydrogens is 306 g/mol. The molecule has 0 saturated carbocycles. The molecule has 2 rings (SSSR count). The van der Waals surface area contributed by atoms with Gasteiger partial charge in [-0.15, -0.1) is 5.10 Å². The lowest BCUT2D eigenvalue weighted by Gasteiger charge is -2.02. The number of anilines is 1. The van der Waals surface area contributed by atoms with Crippen molar-refractivity contribution in [2.45, 2.75) is 4.90 Å². The summed E-state index contributed by atoms with van der Waals surface area (Å²) in [5.41, 5.74) is 6.35. The number of nitrogen functional groups attached to an aromatic ring is 1. The summed E-state index contributed by atoms with van der Waals surface area (Å²) >= 11 is 3.26. The van der Waals surface area contributed by atoms with Crippen molar-refractivity contribution in [3.63, 3.8) is 0 Å². The highest BCUT2D eigenvalue weighted by atomic mass is 79.9. The van der Waals surface area contributed by atoms with Crippen LogP contribution in [0.4, 0.5) is 5.82 Å². The molecule has 2 N–H and O–H groups in total. The largest absolute Gasteiger partial charge is 0.381 e. The minimum Gasteiger partial charge on any atom is -0.381 e. The summed E-state index contributed by atoms with van der Waals surface area (Å²) < 4.78 is 24.9. The molecule has 0 saturated heterocycles. The number of halogens is 1. The predicted molar refractivity (Wildman–Crippen MR) is 68.8 cm³/mol. The van der Waals surface area contributed by atoms with Crippen LogP contribution in [0.15, 0.2) is 39.8 Å². The van der Waals surface area contributed by atoms with Gasteiger partial charge in [0.1, 0.15) is 0 Å². The van der Waals surface area contributed by atoms with E-state index >= 15 is 0 Å². The number of benzene rings is 1. The van der Waals surface area contributed by atoms with Crippen molar-refractivity contribution in [2.75, 3.05) is 12.0 Å². The first kappa shape index (κ1) is 12.1. The van der Waals surface area contributed by atoms with Crippen LogP contribution >= 0.6 is 15.9 Å². The number of nitrogens with zero attached hydrogens (tertiary/aromatic N) is 2. The minimum absolute atomic E-state index is 0.278. The van der Waals surface area contributed by atoms with Gasteiger partial charge in [0.05, 0.1) is 15.1 Å². The molecule has 1 aromatic carbocycles. The highest BCUT2D eigenvalue weighted by molar-refractivity contribution is 9.10. The van der Waals surface area contributed by atoms with Crippen LogP contribution in [0.25, 0.3) is 5.69 Å². The van der Waals surface area contributed by atoms with Crippen LogP contribution in [-0.2, 0) is 9.84 Å². The second-order valence-corrected chi connectivity index (χ2v) is 6.44. The van der Waals surface area contributed by atoms with Crippen molar-refractivity contribution in [1.82, 2.24) is 9.78 Å². The third kappa shape index (κ3) is 2.50. The van der Waals surface area contributed by atoms with E-state index in [2.05, 4.69) is 21.0 Å². The summed E-state index contributed by atoms with van der Waals surface area (Å²) in [5.74, 6) is 0.386. The van der Waals surface area contributed by atoms with Crippen LogP contribution in [0, 0.1) is 0 Å². The first-order valence-corrected chi connectivity index (χ1v) is 7.37. The van der Waals surface area contributed by atoms with E-state index in [-0.39, 0.29) is 4.90 Å². The Morgan fingerprint density at radius 3 is 2.29 bits per heavy atom. The SMILES string of the molecule is CS(=O)(=O)c1ccc(-n2cc(Br)c(N)n2)cc1. The zero-order valence-electron chi connectivity index (χ0n) is 8.96. The van der Waals surface area contributed by atoms with Gasteiger partial charge >= 0.3 is 0 Å². The molecule has 5 nitrogen and oxygen atoms in total. The van der Waals surface area contributed by atoms with E-state index in [9.17, 15) is 8.42 Å². The van der Waals surface area contributed by atoms with Crippen molar-refractivity contribution in [3.05, 3.63) is 34.9 Å². The summed E-state index contributed by atoms with van der Waals surface area (Å²) in [4.78, 5) is 0.278. The molecule has 7 heteroatoms. The molecular formula is C10H10BrN3O2S. The van der Waals surface area contributed by atoms with Crippen LogP contribution in [-0.4, -0.2) is 24.5 Å². The molecule has 0 bridgehead atoms. The van der Waals surface area contributed by atoms with Gasteiger partial charge in [0.25, 0.3) is 0 Å². The Morgan fingerprint density at radius 1 is 1.29 bits per heavy atom. The van der Waals surface area contributed by atoms with Crippen molar-refractivity contribution >= 4 is 31.6 Å². The molecule has 17 heavy (non-hydrogen) atoms. The van der Waals surface area contributed by atoms with E-state index in [1.807, 2.05) is 0 Å². The molecule has 0 aliphatic heterocycles. The first-order valence-electron chi connectivity index (χ1n) is 4.69. The quantitative estimate of drug-likeness (QED) is 0.913. The lowest BCUT2D eigenvalue weighted by Crippen LogP contribution is -1.99. The third-order valence-corrected chi connectivity index (χ3v) is 3.96. The maximum absolute atomic E-state index is 11.3. The predicted octanol–water partition coefficient (Wildman–Crippen LogP) is 1.62. The Balaban J connectivity index is 2.42. The Bertz CT molecular complexity index is 627. The molecule has 90 valence electrons. The topological polar surface area (TPSA) is 78.0 Å². The fraction of sp³-hybridized carbons (Fsp3) is 0.100. The lowest BCUT2D eigenvalue weighted by molar-refractivity contribution is 0.602. The molecule has 0 radical (unpaired) electrons. The van der Waals surface area contributed by atoms with Gasteiger partial charge < -0.3 is 5.73 Å². The van der Waals surface area contributed by atoms with Gasteiger partial charge in [0, 0.05) is 12.5 Å². The molecule has 0 atom stereocenters. The van der Waals surface area contributed by atoms with Gasteiger partial charge in [0.15, 0.2) is 15.7 Å². The Labute approximate surface area is 107 Å². The molecule has 0 spiro atoms. The van der Waals surface area contributed by atoms with Crippen LogP contribution in [0.5, 0.6) is 0 Å². The Kier molecular flexibility index (Phi) is 2.96.